The van der Waals surface area contributed by atoms with Crippen molar-refractivity contribution in [2.45, 2.75) is 31.7 Å². The summed E-state index contributed by atoms with van der Waals surface area (Å²) in [6.07, 6.45) is 5.72. The summed E-state index contributed by atoms with van der Waals surface area (Å²) in [5.41, 5.74) is 8.83. The van der Waals surface area contributed by atoms with Crippen molar-refractivity contribution in [3.63, 3.8) is 0 Å². The molecule has 4 rings (SSSR count). The Morgan fingerprint density at radius 1 is 1.03 bits per heavy atom. The van der Waals surface area contributed by atoms with Gasteiger partial charge < -0.3 is 19.1 Å². The molecule has 0 aromatic heterocycles. The van der Waals surface area contributed by atoms with Gasteiger partial charge in [0.15, 0.2) is 0 Å². The van der Waals surface area contributed by atoms with Gasteiger partial charge in [0.1, 0.15) is 17.2 Å². The van der Waals surface area contributed by atoms with Crippen LogP contribution in [0.1, 0.15) is 30.4 Å². The third-order valence-corrected chi connectivity index (χ3v) is 5.93. The number of methoxy groups -OCH3 is 3. The van der Waals surface area contributed by atoms with Crippen molar-refractivity contribution in [1.82, 2.24) is 20.9 Å². The number of amides is 2. The zero-order chi connectivity index (χ0) is 22.5. The highest BCUT2D eigenvalue weighted by Gasteiger charge is 2.33. The van der Waals surface area contributed by atoms with E-state index < -0.39 is 0 Å². The Morgan fingerprint density at radius 2 is 1.75 bits per heavy atom. The molecule has 2 aliphatic heterocycles. The molecule has 0 aliphatic carbocycles. The van der Waals surface area contributed by atoms with Crippen LogP contribution in [0.25, 0.3) is 5.70 Å². The second kappa shape index (κ2) is 9.72. The van der Waals surface area contributed by atoms with Crippen LogP contribution in [0, 0.1) is 0 Å². The molecular formula is C24H30N4O4. The van der Waals surface area contributed by atoms with E-state index in [0.717, 1.165) is 32.2 Å². The largest absolute Gasteiger partial charge is 0.496 e. The lowest BCUT2D eigenvalue weighted by atomic mass is 9.96. The maximum absolute atomic E-state index is 13.4. The minimum absolute atomic E-state index is 0.108. The van der Waals surface area contributed by atoms with E-state index in [4.69, 9.17) is 14.2 Å². The number of benzene rings is 2. The lowest BCUT2D eigenvalue weighted by Gasteiger charge is -2.38. The number of piperidine rings is 1. The van der Waals surface area contributed by atoms with Gasteiger partial charge in [-0.3, -0.25) is 10.9 Å². The molecular weight excluding hydrogens is 408 g/mol. The number of hydrazine groups is 2. The molecule has 2 amide bonds. The molecule has 0 saturated carbocycles. The number of nitrogens with one attached hydrogen (secondary N) is 2. The third-order valence-electron chi connectivity index (χ3n) is 5.93. The number of hydrogen-bond donors (Lipinski definition) is 2. The molecule has 2 aliphatic rings. The van der Waals surface area contributed by atoms with Gasteiger partial charge in [0.2, 0.25) is 0 Å². The number of likely N-dealkylation sites (tertiary alicyclic amines) is 1. The van der Waals surface area contributed by atoms with E-state index in [2.05, 4.69) is 23.0 Å². The molecule has 2 aromatic carbocycles. The Balaban J connectivity index is 1.50. The Hall–Kier alpha value is -3.55. The van der Waals surface area contributed by atoms with E-state index in [1.807, 2.05) is 23.1 Å². The summed E-state index contributed by atoms with van der Waals surface area (Å²) in [5.74, 6) is 1.78. The molecule has 1 atom stereocenters. The van der Waals surface area contributed by atoms with Crippen LogP contribution in [-0.4, -0.2) is 50.0 Å². The number of carbonyl (C=O) groups is 1. The SMILES string of the molecule is COc1cc(OC)c(C2=CNN(C(=O)N3CCCCC3Cc3ccccc3)N2)c(OC)c1. The molecule has 0 radical (unpaired) electrons. The van der Waals surface area contributed by atoms with Gasteiger partial charge >= 0.3 is 6.03 Å². The van der Waals surface area contributed by atoms with Crippen molar-refractivity contribution in [1.29, 1.82) is 0 Å². The highest BCUT2D eigenvalue weighted by atomic mass is 16.5. The first-order chi connectivity index (χ1) is 15.6. The van der Waals surface area contributed by atoms with Crippen molar-refractivity contribution in [2.75, 3.05) is 27.9 Å². The van der Waals surface area contributed by atoms with E-state index >= 15 is 0 Å². The molecule has 2 aromatic rings. The van der Waals surface area contributed by atoms with Gasteiger partial charge in [-0.15, -0.1) is 5.12 Å². The summed E-state index contributed by atoms with van der Waals surface area (Å²) in [6, 6.07) is 14.0. The van der Waals surface area contributed by atoms with Crippen molar-refractivity contribution in [2.24, 2.45) is 0 Å². The second-order valence-corrected chi connectivity index (χ2v) is 7.86. The van der Waals surface area contributed by atoms with E-state index in [-0.39, 0.29) is 12.1 Å². The summed E-state index contributed by atoms with van der Waals surface area (Å²) in [5, 5.41) is 1.42. The van der Waals surface area contributed by atoms with Crippen molar-refractivity contribution < 1.29 is 19.0 Å². The van der Waals surface area contributed by atoms with Crippen LogP contribution >= 0.6 is 0 Å². The predicted molar refractivity (Wildman–Crippen MR) is 122 cm³/mol. The van der Waals surface area contributed by atoms with Crippen molar-refractivity contribution >= 4 is 11.7 Å². The summed E-state index contributed by atoms with van der Waals surface area (Å²) >= 11 is 0. The van der Waals surface area contributed by atoms with E-state index in [1.165, 1.54) is 10.7 Å². The molecule has 1 saturated heterocycles. The van der Waals surface area contributed by atoms with Gasteiger partial charge in [-0.1, -0.05) is 30.3 Å². The fraction of sp³-hybridized carbons (Fsp3) is 0.375. The minimum atomic E-state index is -0.108. The molecule has 170 valence electrons. The Labute approximate surface area is 188 Å². The fourth-order valence-corrected chi connectivity index (χ4v) is 4.30. The first-order valence-electron chi connectivity index (χ1n) is 10.8. The standard InChI is InChI=1S/C24H30N4O4/c1-30-19-14-21(31-2)23(22(15-19)32-3)20-16-25-28(26-20)24(29)27-12-8-7-11-18(27)13-17-9-5-4-6-10-17/h4-6,9-10,14-16,18,25-26H,7-8,11-13H2,1-3H3. The van der Waals surface area contributed by atoms with E-state index in [9.17, 15) is 4.79 Å². The van der Waals surface area contributed by atoms with Crippen LogP contribution in [-0.2, 0) is 6.42 Å². The highest BCUT2D eigenvalue weighted by molar-refractivity contribution is 5.81. The smallest absolute Gasteiger partial charge is 0.358 e. The van der Waals surface area contributed by atoms with Gasteiger partial charge in [0, 0.05) is 30.9 Å². The fourth-order valence-electron chi connectivity index (χ4n) is 4.30. The molecule has 2 N–H and O–H groups in total. The molecule has 1 unspecified atom stereocenters. The van der Waals surface area contributed by atoms with E-state index in [1.54, 1.807) is 39.7 Å². The van der Waals surface area contributed by atoms with Gasteiger partial charge in [-0.05, 0) is 31.2 Å². The van der Waals surface area contributed by atoms with Gasteiger partial charge in [-0.25, -0.2) is 4.79 Å². The third kappa shape index (κ3) is 4.39. The monoisotopic (exact) mass is 438 g/mol. The zero-order valence-corrected chi connectivity index (χ0v) is 18.8. The first kappa shape index (κ1) is 21.7. The lowest BCUT2D eigenvalue weighted by molar-refractivity contribution is 0.0968. The average Bonchev–Trinajstić information content (AvgIpc) is 3.33. The summed E-state index contributed by atoms with van der Waals surface area (Å²) < 4.78 is 16.4. The summed E-state index contributed by atoms with van der Waals surface area (Å²) in [7, 11) is 4.77. The minimum Gasteiger partial charge on any atom is -0.496 e. The number of urea groups is 1. The average molecular weight is 439 g/mol. The molecule has 8 heteroatoms. The van der Waals surface area contributed by atoms with Crippen LogP contribution in [0.5, 0.6) is 17.2 Å². The molecule has 2 heterocycles. The first-order valence-corrected chi connectivity index (χ1v) is 10.8. The van der Waals surface area contributed by atoms with Gasteiger partial charge in [0.25, 0.3) is 0 Å². The molecule has 0 bridgehead atoms. The molecule has 8 nitrogen and oxygen atoms in total. The second-order valence-electron chi connectivity index (χ2n) is 7.86. The highest BCUT2D eigenvalue weighted by Crippen LogP contribution is 2.38. The number of rotatable bonds is 6. The Kier molecular flexibility index (Phi) is 6.58. The quantitative estimate of drug-likeness (QED) is 0.719. The zero-order valence-electron chi connectivity index (χ0n) is 18.8. The van der Waals surface area contributed by atoms with Crippen LogP contribution in [0.4, 0.5) is 4.79 Å². The summed E-state index contributed by atoms with van der Waals surface area (Å²) in [4.78, 5) is 15.4. The number of carbonyl (C=O) groups excluding carboxylic acids is 1. The summed E-state index contributed by atoms with van der Waals surface area (Å²) in [6.45, 7) is 0.737. The lowest BCUT2D eigenvalue weighted by Crippen LogP contribution is -2.56. The number of nitrogens with zero attached hydrogens (tertiary/aromatic N) is 2. The van der Waals surface area contributed by atoms with Crippen molar-refractivity contribution in [3.8, 4) is 17.2 Å². The Bertz CT molecular complexity index is 954. The molecule has 1 fully saturated rings. The Morgan fingerprint density at radius 3 is 2.41 bits per heavy atom. The van der Waals surface area contributed by atoms with Crippen LogP contribution in [0.15, 0.2) is 48.7 Å². The van der Waals surface area contributed by atoms with Gasteiger partial charge in [0.05, 0.1) is 32.6 Å². The number of hydrogen-bond acceptors (Lipinski definition) is 6. The topological polar surface area (TPSA) is 75.3 Å². The van der Waals surface area contributed by atoms with Gasteiger partial charge in [-0.2, -0.15) is 0 Å². The molecule has 0 spiro atoms. The van der Waals surface area contributed by atoms with Crippen LogP contribution in [0.3, 0.4) is 0 Å². The van der Waals surface area contributed by atoms with Crippen LogP contribution < -0.4 is 25.1 Å². The normalized spacial score (nSPS) is 17.8. The maximum Gasteiger partial charge on any atom is 0.358 e. The number of ether oxygens (including phenoxy) is 3. The van der Waals surface area contributed by atoms with E-state index in [0.29, 0.717) is 28.5 Å². The van der Waals surface area contributed by atoms with Crippen LogP contribution in [0.2, 0.25) is 0 Å². The van der Waals surface area contributed by atoms with Crippen molar-refractivity contribution in [3.05, 3.63) is 59.8 Å². The molecule has 32 heavy (non-hydrogen) atoms. The maximum atomic E-state index is 13.4. The predicted octanol–water partition coefficient (Wildman–Crippen LogP) is 3.55.